The van der Waals surface area contributed by atoms with E-state index in [9.17, 15) is 14.7 Å². The second-order valence-corrected chi connectivity index (χ2v) is 8.28. The number of hydrogen-bond donors (Lipinski definition) is 2. The molecule has 3 amide bonds. The Morgan fingerprint density at radius 2 is 1.88 bits per heavy atom. The first-order valence-corrected chi connectivity index (χ1v) is 10.7. The number of carbonyl (C=O) groups is 2. The highest BCUT2D eigenvalue weighted by atomic mass is 35.5. The second-order valence-electron chi connectivity index (χ2n) is 7.88. The lowest BCUT2D eigenvalue weighted by atomic mass is 9.72. The van der Waals surface area contributed by atoms with Crippen LogP contribution in [0.4, 0.5) is 16.2 Å². The third-order valence-corrected chi connectivity index (χ3v) is 6.52. The molecule has 0 aliphatic carbocycles. The summed E-state index contributed by atoms with van der Waals surface area (Å²) in [5, 5.41) is 13.4. The summed E-state index contributed by atoms with van der Waals surface area (Å²) in [7, 11) is 0. The zero-order valence-corrected chi connectivity index (χ0v) is 17.8. The van der Waals surface area contributed by atoms with E-state index in [2.05, 4.69) is 10.3 Å². The number of aliphatic hydroxyl groups is 1. The molecule has 0 spiro atoms. The number of urea groups is 1. The molecule has 32 heavy (non-hydrogen) atoms. The quantitative estimate of drug-likeness (QED) is 0.639. The van der Waals surface area contributed by atoms with Gasteiger partial charge in [0.05, 0.1) is 35.0 Å². The molecule has 162 valence electrons. The molecule has 1 fully saturated rings. The summed E-state index contributed by atoms with van der Waals surface area (Å²) in [6.07, 6.45) is 3.16. The van der Waals surface area contributed by atoms with Gasteiger partial charge in [-0.1, -0.05) is 41.9 Å². The van der Waals surface area contributed by atoms with Crippen molar-refractivity contribution >= 4 is 34.9 Å². The first-order chi connectivity index (χ1) is 15.6. The molecule has 0 saturated carbocycles. The van der Waals surface area contributed by atoms with Gasteiger partial charge in [0, 0.05) is 30.5 Å². The second kappa shape index (κ2) is 8.26. The fourth-order valence-corrected chi connectivity index (χ4v) is 4.93. The number of carbonyl (C=O) groups excluding carboxylic acids is 2. The molecule has 1 saturated heterocycles. The topological polar surface area (TPSA) is 85.8 Å². The fourth-order valence-electron chi connectivity index (χ4n) is 4.75. The van der Waals surface area contributed by atoms with Crippen LogP contribution in [0.15, 0.2) is 73.1 Å². The minimum absolute atomic E-state index is 0.0638. The van der Waals surface area contributed by atoms with E-state index in [0.29, 0.717) is 22.8 Å². The predicted molar refractivity (Wildman–Crippen MR) is 122 cm³/mol. The van der Waals surface area contributed by atoms with Crippen molar-refractivity contribution in [2.45, 2.75) is 18.0 Å². The third kappa shape index (κ3) is 3.30. The molecular weight excluding hydrogens is 428 g/mol. The average Bonchev–Trinajstić information content (AvgIpc) is 2.81. The van der Waals surface area contributed by atoms with E-state index in [0.717, 1.165) is 11.3 Å². The summed E-state index contributed by atoms with van der Waals surface area (Å²) in [5.41, 5.74) is 2.72. The van der Waals surface area contributed by atoms with Crippen molar-refractivity contribution < 1.29 is 14.7 Å². The van der Waals surface area contributed by atoms with Gasteiger partial charge in [0.2, 0.25) is 0 Å². The smallest absolute Gasteiger partial charge is 0.322 e. The largest absolute Gasteiger partial charge is 0.394 e. The number of pyridine rings is 1. The number of aromatic nitrogens is 1. The van der Waals surface area contributed by atoms with Crippen LogP contribution in [0.25, 0.3) is 0 Å². The highest BCUT2D eigenvalue weighted by Gasteiger charge is 2.55. The molecule has 3 atom stereocenters. The molecule has 0 radical (unpaired) electrons. The molecule has 8 heteroatoms. The number of hydrogen-bond acceptors (Lipinski definition) is 4. The van der Waals surface area contributed by atoms with Crippen LogP contribution in [-0.2, 0) is 0 Å². The Bertz CT molecular complexity index is 1170. The van der Waals surface area contributed by atoms with Crippen LogP contribution in [0.1, 0.15) is 21.8 Å². The van der Waals surface area contributed by atoms with Gasteiger partial charge in [-0.3, -0.25) is 9.78 Å². The van der Waals surface area contributed by atoms with Gasteiger partial charge >= 0.3 is 6.03 Å². The average molecular weight is 449 g/mol. The normalized spacial score (nSPS) is 21.2. The van der Waals surface area contributed by atoms with Gasteiger partial charge in [0.1, 0.15) is 0 Å². The number of rotatable bonds is 3. The minimum Gasteiger partial charge on any atom is -0.394 e. The van der Waals surface area contributed by atoms with Crippen molar-refractivity contribution in [2.24, 2.45) is 0 Å². The van der Waals surface area contributed by atoms with Gasteiger partial charge in [-0.05, 0) is 35.9 Å². The van der Waals surface area contributed by atoms with Gasteiger partial charge in [-0.2, -0.15) is 0 Å². The number of nitrogens with zero attached hydrogens (tertiary/aromatic N) is 3. The summed E-state index contributed by atoms with van der Waals surface area (Å²) in [6.45, 7) is 0.143. The predicted octanol–water partition coefficient (Wildman–Crippen LogP) is 3.76. The molecule has 3 heterocycles. The molecule has 1 aromatic heterocycles. The Kier molecular flexibility index (Phi) is 5.28. The Hall–Kier alpha value is -3.42. The highest BCUT2D eigenvalue weighted by Crippen LogP contribution is 2.48. The molecule has 2 aromatic carbocycles. The van der Waals surface area contributed by atoms with Crippen molar-refractivity contribution in [1.82, 2.24) is 9.88 Å². The highest BCUT2D eigenvalue weighted by molar-refractivity contribution is 6.33. The maximum Gasteiger partial charge on any atom is 0.322 e. The Morgan fingerprint density at radius 1 is 1.09 bits per heavy atom. The van der Waals surface area contributed by atoms with E-state index in [1.165, 1.54) is 6.20 Å². The van der Waals surface area contributed by atoms with Gasteiger partial charge in [-0.15, -0.1) is 0 Å². The van der Waals surface area contributed by atoms with E-state index in [1.807, 2.05) is 24.3 Å². The SMILES string of the molecule is O=C(c1cccnc1)N1C[C@@H]2[C@H](c3ccccc31)[C@@H](CO)N2C(=O)Nc1ccccc1Cl. The lowest BCUT2D eigenvalue weighted by molar-refractivity contribution is -0.00265. The molecular formula is C24H21ClN4O3. The number of amides is 3. The molecule has 2 aliphatic heterocycles. The van der Waals surface area contributed by atoms with Crippen LogP contribution < -0.4 is 10.2 Å². The summed E-state index contributed by atoms with van der Waals surface area (Å²) in [4.78, 5) is 33.8. The first-order valence-electron chi connectivity index (χ1n) is 10.4. The van der Waals surface area contributed by atoms with Crippen molar-refractivity contribution in [1.29, 1.82) is 0 Å². The van der Waals surface area contributed by atoms with Crippen LogP contribution >= 0.6 is 11.6 Å². The molecule has 0 unspecified atom stereocenters. The van der Waals surface area contributed by atoms with E-state index in [-0.39, 0.29) is 36.5 Å². The number of anilines is 2. The van der Waals surface area contributed by atoms with E-state index >= 15 is 0 Å². The number of aliphatic hydroxyl groups excluding tert-OH is 1. The zero-order chi connectivity index (χ0) is 22.2. The number of para-hydroxylation sites is 2. The maximum absolute atomic E-state index is 13.3. The Labute approximate surface area is 190 Å². The standard InChI is InChI=1S/C24H21ClN4O3/c25-17-8-2-3-9-18(17)27-24(32)29-20-13-28(23(31)15-6-5-11-26-12-15)19-10-4-1-7-16(19)22(20)21(29)14-30/h1-12,20-22,30H,13-14H2,(H,27,32)/t20-,21-,22+/m1/s1. The molecule has 0 bridgehead atoms. The number of nitrogens with one attached hydrogen (secondary N) is 1. The van der Waals surface area contributed by atoms with Gasteiger partial charge < -0.3 is 20.2 Å². The van der Waals surface area contributed by atoms with Crippen LogP contribution in [0.2, 0.25) is 5.02 Å². The third-order valence-electron chi connectivity index (χ3n) is 6.19. The van der Waals surface area contributed by atoms with Crippen LogP contribution in [0.3, 0.4) is 0 Å². The fraction of sp³-hybridized carbons (Fsp3) is 0.208. The van der Waals surface area contributed by atoms with Gasteiger partial charge in [0.25, 0.3) is 5.91 Å². The molecule has 2 N–H and O–H groups in total. The van der Waals surface area contributed by atoms with Crippen molar-refractivity contribution in [3.8, 4) is 0 Å². The van der Waals surface area contributed by atoms with Crippen molar-refractivity contribution in [3.63, 3.8) is 0 Å². The van der Waals surface area contributed by atoms with Crippen LogP contribution in [-0.4, -0.2) is 52.2 Å². The van der Waals surface area contributed by atoms with Crippen molar-refractivity contribution in [2.75, 3.05) is 23.4 Å². The van der Waals surface area contributed by atoms with Crippen LogP contribution in [0.5, 0.6) is 0 Å². The van der Waals surface area contributed by atoms with E-state index < -0.39 is 0 Å². The summed E-state index contributed by atoms with van der Waals surface area (Å²) < 4.78 is 0. The first kappa shape index (κ1) is 20.5. The van der Waals surface area contributed by atoms with Crippen LogP contribution in [0, 0.1) is 0 Å². The van der Waals surface area contributed by atoms with Gasteiger partial charge in [-0.25, -0.2) is 4.79 Å². The summed E-state index contributed by atoms with van der Waals surface area (Å²) in [5.74, 6) is -0.242. The lowest BCUT2D eigenvalue weighted by Crippen LogP contribution is -2.71. The zero-order valence-electron chi connectivity index (χ0n) is 17.1. The number of halogens is 1. The molecule has 5 rings (SSSR count). The Morgan fingerprint density at radius 3 is 2.62 bits per heavy atom. The van der Waals surface area contributed by atoms with E-state index in [4.69, 9.17) is 11.6 Å². The molecule has 7 nitrogen and oxygen atoms in total. The summed E-state index contributed by atoms with van der Waals surface area (Å²) >= 11 is 6.20. The number of fused-ring (bicyclic) bond motifs is 3. The number of likely N-dealkylation sites (tertiary alicyclic amines) is 1. The summed E-state index contributed by atoms with van der Waals surface area (Å²) in [6, 6.07) is 17.1. The number of benzene rings is 2. The maximum atomic E-state index is 13.3. The minimum atomic E-state index is -0.390. The Balaban J connectivity index is 1.48. The molecule has 2 aliphatic rings. The van der Waals surface area contributed by atoms with Crippen molar-refractivity contribution in [3.05, 3.63) is 89.2 Å². The van der Waals surface area contributed by atoms with Gasteiger partial charge in [0.15, 0.2) is 0 Å². The monoisotopic (exact) mass is 448 g/mol. The lowest BCUT2D eigenvalue weighted by Gasteiger charge is -2.58. The van der Waals surface area contributed by atoms with E-state index in [1.54, 1.807) is 52.4 Å². The molecule has 3 aromatic rings.